The second-order valence-corrected chi connectivity index (χ2v) is 7.59. The maximum absolute atomic E-state index is 4.60. The molecule has 0 spiro atoms. The fraction of sp³-hybridized carbons (Fsp3) is 0. The minimum absolute atomic E-state index is 0.721. The molecule has 4 aromatic carbocycles. The van der Waals surface area contributed by atoms with E-state index in [2.05, 4.69) is 30.9 Å². The highest BCUT2D eigenvalue weighted by molar-refractivity contribution is 5.82. The minimum Gasteiger partial charge on any atom is -0.346 e. The summed E-state index contributed by atoms with van der Waals surface area (Å²) >= 11 is 0. The van der Waals surface area contributed by atoms with Gasteiger partial charge in [0.15, 0.2) is 0 Å². The number of hydrogen-bond donors (Lipinski definition) is 2. The number of hydrogen-bond acceptors (Lipinski definition) is 4. The van der Waals surface area contributed by atoms with E-state index in [4.69, 9.17) is 0 Å². The van der Waals surface area contributed by atoms with Crippen LogP contribution in [0.25, 0.3) is 16.9 Å². The van der Waals surface area contributed by atoms with Crippen LogP contribution in [0.5, 0.6) is 0 Å². The molecule has 0 unspecified atom stereocenters. The Morgan fingerprint density at radius 3 is 1.83 bits per heavy atom. The first-order valence-corrected chi connectivity index (χ1v) is 11.2. The molecule has 0 fully saturated rings. The van der Waals surface area contributed by atoms with Crippen LogP contribution in [-0.4, -0.2) is 27.7 Å². The zero-order valence-electron chi connectivity index (χ0n) is 18.9. The Bertz CT molecular complexity index is 1330. The number of anilines is 2. The normalized spacial score (nSPS) is 11.2. The lowest BCUT2D eigenvalue weighted by Gasteiger charge is -2.05. The summed E-state index contributed by atoms with van der Waals surface area (Å²) in [4.78, 5) is 9.19. The number of benzene rings is 4. The van der Waals surface area contributed by atoms with Crippen LogP contribution in [0.1, 0.15) is 0 Å². The van der Waals surface area contributed by atoms with Gasteiger partial charge in [-0.3, -0.25) is 0 Å². The fourth-order valence-electron chi connectivity index (χ4n) is 3.50. The molecule has 1 aromatic heterocycles. The summed E-state index contributed by atoms with van der Waals surface area (Å²) in [5.74, 6) is 0. The third kappa shape index (κ3) is 5.48. The third-order valence-electron chi connectivity index (χ3n) is 5.22. The van der Waals surface area contributed by atoms with Crippen molar-refractivity contribution < 1.29 is 0 Å². The molecule has 1 heterocycles. The quantitative estimate of drug-likeness (QED) is 0.206. The molecule has 0 bridgehead atoms. The first-order valence-electron chi connectivity index (χ1n) is 11.2. The molecule has 170 valence electrons. The Morgan fingerprint density at radius 2 is 1.14 bits per heavy atom. The molecule has 7 nitrogen and oxygen atoms in total. The van der Waals surface area contributed by atoms with Crippen LogP contribution in [0.4, 0.5) is 22.7 Å². The number of nitrogens with zero attached hydrogens (tertiary/aromatic N) is 5. The van der Waals surface area contributed by atoms with Gasteiger partial charge in [-0.15, -0.1) is 5.10 Å². The Morgan fingerprint density at radius 1 is 0.600 bits per heavy atom. The molecule has 0 aliphatic heterocycles. The zero-order valence-corrected chi connectivity index (χ0v) is 18.9. The van der Waals surface area contributed by atoms with Crippen LogP contribution < -0.4 is 10.6 Å². The Labute approximate surface area is 203 Å². The number of rotatable bonds is 8. The van der Waals surface area contributed by atoms with Gasteiger partial charge in [0.05, 0.1) is 35.9 Å². The second kappa shape index (κ2) is 10.7. The number of nitrogens with one attached hydrogen (secondary N) is 2. The van der Waals surface area contributed by atoms with Crippen molar-refractivity contribution in [2.75, 3.05) is 10.6 Å². The van der Waals surface area contributed by atoms with E-state index in [9.17, 15) is 0 Å². The lowest BCUT2D eigenvalue weighted by Crippen LogP contribution is -1.97. The van der Waals surface area contributed by atoms with Crippen LogP contribution in [0.3, 0.4) is 0 Å². The summed E-state index contributed by atoms with van der Waals surface area (Å²) in [6.45, 7) is 0. The van der Waals surface area contributed by atoms with Gasteiger partial charge < -0.3 is 10.6 Å². The largest absolute Gasteiger partial charge is 0.346 e. The standard InChI is InChI=1S/C28H23N7/c1-3-11-22(12-4-1)29-20-31-25-16-8-7-15-24(25)27-19-35(34-33-27)28-18-10-9-17-26(28)32-21-30-23-13-5-2-6-14-23/h1-21H,(H,29,31)(H,30,32). The van der Waals surface area contributed by atoms with E-state index in [1.165, 1.54) is 0 Å². The Kier molecular flexibility index (Phi) is 6.67. The van der Waals surface area contributed by atoms with Gasteiger partial charge in [-0.05, 0) is 42.5 Å². The third-order valence-corrected chi connectivity index (χ3v) is 5.22. The molecule has 5 rings (SSSR count). The van der Waals surface area contributed by atoms with Crippen molar-refractivity contribution in [1.29, 1.82) is 0 Å². The molecule has 0 atom stereocenters. The Hall–Kier alpha value is -5.04. The van der Waals surface area contributed by atoms with Crippen LogP contribution in [0.2, 0.25) is 0 Å². The average molecular weight is 458 g/mol. The van der Waals surface area contributed by atoms with Crippen molar-refractivity contribution in [3.05, 3.63) is 115 Å². The highest BCUT2D eigenvalue weighted by atomic mass is 15.4. The molecule has 35 heavy (non-hydrogen) atoms. The monoisotopic (exact) mass is 457 g/mol. The van der Waals surface area contributed by atoms with Crippen LogP contribution in [0, 0.1) is 0 Å². The van der Waals surface area contributed by atoms with Gasteiger partial charge in [0.25, 0.3) is 0 Å². The molecule has 0 amide bonds. The molecule has 7 heteroatoms. The zero-order chi connectivity index (χ0) is 23.7. The molecule has 0 saturated heterocycles. The average Bonchev–Trinajstić information content (AvgIpc) is 3.41. The molecule has 0 radical (unpaired) electrons. The summed E-state index contributed by atoms with van der Waals surface area (Å²) in [6.07, 6.45) is 5.25. The van der Waals surface area contributed by atoms with Gasteiger partial charge in [0.2, 0.25) is 0 Å². The van der Waals surface area contributed by atoms with Crippen LogP contribution in [0.15, 0.2) is 125 Å². The molecule has 0 aliphatic rings. The molecular weight excluding hydrogens is 434 g/mol. The van der Waals surface area contributed by atoms with E-state index in [1.54, 1.807) is 17.4 Å². The van der Waals surface area contributed by atoms with E-state index in [0.717, 1.165) is 39.7 Å². The topological polar surface area (TPSA) is 79.5 Å². The maximum Gasteiger partial charge on any atom is 0.115 e. The number of para-hydroxylation sites is 5. The summed E-state index contributed by atoms with van der Waals surface area (Å²) in [7, 11) is 0. The smallest absolute Gasteiger partial charge is 0.115 e. The van der Waals surface area contributed by atoms with Crippen molar-refractivity contribution in [2.24, 2.45) is 9.98 Å². The second-order valence-electron chi connectivity index (χ2n) is 7.59. The van der Waals surface area contributed by atoms with Crippen molar-refractivity contribution in [2.45, 2.75) is 0 Å². The van der Waals surface area contributed by atoms with Crippen LogP contribution >= 0.6 is 0 Å². The summed E-state index contributed by atoms with van der Waals surface area (Å²) in [6, 6.07) is 35.4. The molecule has 5 aromatic rings. The van der Waals surface area contributed by atoms with E-state index in [-0.39, 0.29) is 0 Å². The van der Waals surface area contributed by atoms with Gasteiger partial charge in [0.1, 0.15) is 5.69 Å². The maximum atomic E-state index is 4.60. The van der Waals surface area contributed by atoms with Gasteiger partial charge >= 0.3 is 0 Å². The van der Waals surface area contributed by atoms with Gasteiger partial charge in [0, 0.05) is 16.9 Å². The first kappa shape index (κ1) is 21.8. The highest BCUT2D eigenvalue weighted by Crippen LogP contribution is 2.30. The van der Waals surface area contributed by atoms with E-state index in [0.29, 0.717) is 0 Å². The van der Waals surface area contributed by atoms with Gasteiger partial charge in [-0.2, -0.15) is 0 Å². The predicted molar refractivity (Wildman–Crippen MR) is 143 cm³/mol. The molecule has 0 aliphatic carbocycles. The minimum atomic E-state index is 0.721. The summed E-state index contributed by atoms with van der Waals surface area (Å²) < 4.78 is 1.73. The van der Waals surface area contributed by atoms with E-state index in [1.807, 2.05) is 115 Å². The van der Waals surface area contributed by atoms with Crippen LogP contribution in [-0.2, 0) is 0 Å². The Balaban J connectivity index is 1.37. The lowest BCUT2D eigenvalue weighted by atomic mass is 10.1. The number of aromatic nitrogens is 3. The van der Waals surface area contributed by atoms with Crippen molar-refractivity contribution in [3.63, 3.8) is 0 Å². The predicted octanol–water partition coefficient (Wildman–Crippen LogP) is 6.48. The van der Waals surface area contributed by atoms with Gasteiger partial charge in [-0.25, -0.2) is 14.7 Å². The highest BCUT2D eigenvalue weighted by Gasteiger charge is 2.11. The van der Waals surface area contributed by atoms with Gasteiger partial charge in [-0.1, -0.05) is 71.9 Å². The van der Waals surface area contributed by atoms with E-state index < -0.39 is 0 Å². The first-order chi connectivity index (χ1) is 17.4. The lowest BCUT2D eigenvalue weighted by molar-refractivity contribution is 0.804. The summed E-state index contributed by atoms with van der Waals surface area (Å²) in [5.41, 5.74) is 5.93. The molecule has 2 N–H and O–H groups in total. The SMILES string of the molecule is C(=Nc1ccccc1-c1cn(-c2ccccc2N=CNc2ccccc2)nn1)Nc1ccccc1. The van der Waals surface area contributed by atoms with Crippen molar-refractivity contribution in [3.8, 4) is 16.9 Å². The number of aliphatic imine (C=N–C) groups is 2. The van der Waals surface area contributed by atoms with Crippen molar-refractivity contribution in [1.82, 2.24) is 15.0 Å². The van der Waals surface area contributed by atoms with Crippen molar-refractivity contribution >= 4 is 35.4 Å². The van der Waals surface area contributed by atoms with E-state index >= 15 is 0 Å². The molecule has 0 saturated carbocycles. The summed E-state index contributed by atoms with van der Waals surface area (Å²) in [5, 5.41) is 15.1. The fourth-order valence-corrected chi connectivity index (χ4v) is 3.50. The molecular formula is C28H23N7.